The fraction of sp³-hybridized carbons (Fsp3) is 0.182. The molecule has 86 valence electrons. The smallest absolute Gasteiger partial charge is 0.319 e. The minimum atomic E-state index is -1.22. The van der Waals surface area contributed by atoms with Gasteiger partial charge >= 0.3 is 5.97 Å². The van der Waals surface area contributed by atoms with Crippen molar-refractivity contribution in [2.45, 2.75) is 0 Å². The Morgan fingerprint density at radius 3 is 3.00 bits per heavy atom. The van der Waals surface area contributed by atoms with Gasteiger partial charge in [-0.2, -0.15) is 0 Å². The van der Waals surface area contributed by atoms with Crippen molar-refractivity contribution in [1.82, 2.24) is 0 Å². The number of carbonyl (C=O) groups is 2. The van der Waals surface area contributed by atoms with Crippen molar-refractivity contribution in [3.8, 4) is 11.5 Å². The van der Waals surface area contributed by atoms with Crippen molar-refractivity contribution in [2.24, 2.45) is 10.9 Å². The fourth-order valence-electron chi connectivity index (χ4n) is 1.84. The van der Waals surface area contributed by atoms with Crippen LogP contribution in [0.1, 0.15) is 10.4 Å². The van der Waals surface area contributed by atoms with E-state index in [1.807, 2.05) is 0 Å². The molecule has 6 heteroatoms. The molecule has 2 aliphatic rings. The van der Waals surface area contributed by atoms with Crippen molar-refractivity contribution in [1.29, 1.82) is 0 Å². The van der Waals surface area contributed by atoms with E-state index in [9.17, 15) is 9.59 Å². The van der Waals surface area contributed by atoms with E-state index in [1.54, 1.807) is 6.07 Å². The topological polar surface area (TPSA) is 85.2 Å². The standard InChI is InChI=1S/C11H7NO5/c13-9-5-1-2-7-10(17-4-16-7)8(5)12-3-6(9)11(14)15/h1-3,6H,4H2,(H,14,15). The maximum atomic E-state index is 11.9. The monoisotopic (exact) mass is 233 g/mol. The number of benzene rings is 1. The molecule has 0 spiro atoms. The van der Waals surface area contributed by atoms with E-state index in [0.29, 0.717) is 17.2 Å². The molecule has 0 saturated heterocycles. The number of ether oxygens (including phenoxy) is 2. The fourth-order valence-corrected chi connectivity index (χ4v) is 1.84. The lowest BCUT2D eigenvalue weighted by atomic mass is 9.94. The number of rotatable bonds is 1. The molecule has 1 N–H and O–H groups in total. The Morgan fingerprint density at radius 2 is 2.24 bits per heavy atom. The molecule has 0 aromatic heterocycles. The van der Waals surface area contributed by atoms with Crippen LogP contribution >= 0.6 is 0 Å². The zero-order valence-corrected chi connectivity index (χ0v) is 8.54. The summed E-state index contributed by atoms with van der Waals surface area (Å²) < 4.78 is 10.4. The third-order valence-electron chi connectivity index (χ3n) is 2.68. The van der Waals surface area contributed by atoms with E-state index in [1.165, 1.54) is 6.07 Å². The summed E-state index contributed by atoms with van der Waals surface area (Å²) in [6, 6.07) is 3.09. The highest BCUT2D eigenvalue weighted by molar-refractivity contribution is 6.22. The number of carboxylic acid groups (broad SMARTS) is 1. The molecule has 0 bridgehead atoms. The third-order valence-corrected chi connectivity index (χ3v) is 2.68. The quantitative estimate of drug-likeness (QED) is 0.732. The maximum Gasteiger partial charge on any atom is 0.319 e. The van der Waals surface area contributed by atoms with Crippen molar-refractivity contribution in [2.75, 3.05) is 6.79 Å². The summed E-state index contributed by atoms with van der Waals surface area (Å²) >= 11 is 0. The second kappa shape index (κ2) is 3.31. The zero-order chi connectivity index (χ0) is 12.0. The molecule has 3 rings (SSSR count). The molecule has 1 aromatic rings. The largest absolute Gasteiger partial charge is 0.480 e. The van der Waals surface area contributed by atoms with Crippen LogP contribution in [0, 0.1) is 5.92 Å². The third kappa shape index (κ3) is 1.30. The Kier molecular flexibility index (Phi) is 1.91. The first kappa shape index (κ1) is 9.83. The molecule has 0 amide bonds. The molecule has 0 radical (unpaired) electrons. The molecule has 0 aliphatic carbocycles. The Labute approximate surface area is 95.5 Å². The lowest BCUT2D eigenvalue weighted by Gasteiger charge is -2.15. The normalized spacial score (nSPS) is 20.2. The first-order chi connectivity index (χ1) is 8.18. The zero-order valence-electron chi connectivity index (χ0n) is 8.54. The van der Waals surface area contributed by atoms with Crippen LogP contribution in [0.25, 0.3) is 0 Å². The van der Waals surface area contributed by atoms with Gasteiger partial charge in [-0.25, -0.2) is 0 Å². The van der Waals surface area contributed by atoms with E-state index in [2.05, 4.69) is 4.99 Å². The second-order valence-corrected chi connectivity index (χ2v) is 3.65. The molecule has 2 heterocycles. The van der Waals surface area contributed by atoms with Crippen LogP contribution in [0.5, 0.6) is 11.5 Å². The van der Waals surface area contributed by atoms with E-state index in [0.717, 1.165) is 6.21 Å². The molecular formula is C11H7NO5. The number of carbonyl (C=O) groups excluding carboxylic acids is 1. The van der Waals surface area contributed by atoms with Gasteiger partial charge in [-0.05, 0) is 12.1 Å². The Bertz CT molecular complexity index is 563. The number of nitrogens with zero attached hydrogens (tertiary/aromatic N) is 1. The average Bonchev–Trinajstić information content (AvgIpc) is 2.77. The van der Waals surface area contributed by atoms with Gasteiger partial charge in [0, 0.05) is 11.8 Å². The van der Waals surface area contributed by atoms with Crippen molar-refractivity contribution >= 4 is 23.7 Å². The van der Waals surface area contributed by atoms with Gasteiger partial charge in [-0.1, -0.05) is 0 Å². The number of hydrogen-bond donors (Lipinski definition) is 1. The van der Waals surface area contributed by atoms with Gasteiger partial charge in [0.05, 0.1) is 0 Å². The minimum Gasteiger partial charge on any atom is -0.480 e. The summed E-state index contributed by atoms with van der Waals surface area (Å²) in [5.41, 5.74) is 0.603. The maximum absolute atomic E-state index is 11.9. The second-order valence-electron chi connectivity index (χ2n) is 3.65. The van der Waals surface area contributed by atoms with Crippen LogP contribution in [0.2, 0.25) is 0 Å². The van der Waals surface area contributed by atoms with Crippen LogP contribution < -0.4 is 9.47 Å². The number of carboxylic acids is 1. The molecule has 1 atom stereocenters. The number of ketones is 1. The van der Waals surface area contributed by atoms with Gasteiger partial charge in [0.15, 0.2) is 23.2 Å². The van der Waals surface area contributed by atoms with Gasteiger partial charge in [-0.3, -0.25) is 14.6 Å². The van der Waals surface area contributed by atoms with Gasteiger partial charge < -0.3 is 14.6 Å². The van der Waals surface area contributed by atoms with E-state index < -0.39 is 17.7 Å². The number of aliphatic carboxylic acids is 1. The summed E-state index contributed by atoms with van der Waals surface area (Å²) in [5.74, 6) is -2.00. The van der Waals surface area contributed by atoms with Crippen LogP contribution in [-0.4, -0.2) is 29.9 Å². The molecular weight excluding hydrogens is 226 g/mol. The van der Waals surface area contributed by atoms with Gasteiger partial charge in [-0.15, -0.1) is 0 Å². The summed E-state index contributed by atoms with van der Waals surface area (Å²) in [6.07, 6.45) is 1.12. The van der Waals surface area contributed by atoms with Gasteiger partial charge in [0.25, 0.3) is 0 Å². The van der Waals surface area contributed by atoms with Crippen LogP contribution in [0.4, 0.5) is 5.69 Å². The number of aliphatic imine (C=N–C) groups is 1. The number of Topliss-reactive ketones (excluding diaryl/α,β-unsaturated/α-hetero) is 1. The highest BCUT2D eigenvalue weighted by atomic mass is 16.7. The summed E-state index contributed by atoms with van der Waals surface area (Å²) in [5, 5.41) is 8.86. The van der Waals surface area contributed by atoms with Crippen LogP contribution in [0.3, 0.4) is 0 Å². The highest BCUT2D eigenvalue weighted by Gasteiger charge is 2.34. The van der Waals surface area contributed by atoms with E-state index in [-0.39, 0.29) is 12.4 Å². The van der Waals surface area contributed by atoms with E-state index in [4.69, 9.17) is 14.6 Å². The Morgan fingerprint density at radius 1 is 1.41 bits per heavy atom. The molecule has 0 fully saturated rings. The Balaban J connectivity index is 2.15. The van der Waals surface area contributed by atoms with Crippen molar-refractivity contribution in [3.63, 3.8) is 0 Å². The molecule has 6 nitrogen and oxygen atoms in total. The Hall–Kier alpha value is -2.37. The number of fused-ring (bicyclic) bond motifs is 3. The lowest BCUT2D eigenvalue weighted by Crippen LogP contribution is -2.27. The number of hydrogen-bond acceptors (Lipinski definition) is 5. The molecule has 2 aliphatic heterocycles. The SMILES string of the molecule is O=C(O)C1C=Nc2c(ccc3c2OCO3)C1=O. The first-order valence-electron chi connectivity index (χ1n) is 4.92. The van der Waals surface area contributed by atoms with Crippen molar-refractivity contribution < 1.29 is 24.2 Å². The lowest BCUT2D eigenvalue weighted by molar-refractivity contribution is -0.137. The molecule has 0 saturated carbocycles. The van der Waals surface area contributed by atoms with Gasteiger partial charge in [0.2, 0.25) is 6.79 Å². The summed E-state index contributed by atoms with van der Waals surface area (Å²) in [7, 11) is 0. The summed E-state index contributed by atoms with van der Waals surface area (Å²) in [6.45, 7) is 0.0812. The van der Waals surface area contributed by atoms with Crippen molar-refractivity contribution in [3.05, 3.63) is 17.7 Å². The predicted octanol–water partition coefficient (Wildman–Crippen LogP) is 1.01. The predicted molar refractivity (Wildman–Crippen MR) is 56.2 cm³/mol. The first-order valence-corrected chi connectivity index (χ1v) is 4.92. The average molecular weight is 233 g/mol. The highest BCUT2D eigenvalue weighted by Crippen LogP contribution is 2.44. The molecule has 1 aromatic carbocycles. The van der Waals surface area contributed by atoms with E-state index >= 15 is 0 Å². The van der Waals surface area contributed by atoms with Crippen LogP contribution in [-0.2, 0) is 4.79 Å². The summed E-state index contributed by atoms with van der Waals surface area (Å²) in [4.78, 5) is 26.7. The molecule has 1 unspecified atom stereocenters. The van der Waals surface area contributed by atoms with Crippen LogP contribution in [0.15, 0.2) is 17.1 Å². The van der Waals surface area contributed by atoms with Gasteiger partial charge in [0.1, 0.15) is 5.69 Å². The minimum absolute atomic E-state index is 0.0812. The molecule has 17 heavy (non-hydrogen) atoms.